The first-order valence-corrected chi connectivity index (χ1v) is 14.3. The zero-order chi connectivity index (χ0) is 29.7. The fourth-order valence-electron chi connectivity index (χ4n) is 4.07. The van der Waals surface area contributed by atoms with Crippen molar-refractivity contribution in [3.63, 3.8) is 0 Å². The van der Waals surface area contributed by atoms with Crippen LogP contribution in [0.15, 0.2) is 49.1 Å². The molecule has 0 saturated carbocycles. The number of benzene rings is 1. The molecule has 0 aliphatic heterocycles. The second kappa shape index (κ2) is 12.6. The molecule has 3 atom stereocenters. The molecule has 14 heteroatoms. The van der Waals surface area contributed by atoms with Gasteiger partial charge in [-0.25, -0.2) is 18.4 Å². The number of aromatic nitrogens is 6. The van der Waals surface area contributed by atoms with E-state index < -0.39 is 27.5 Å². The summed E-state index contributed by atoms with van der Waals surface area (Å²) < 4.78 is 48.8. The molecule has 4 rings (SSSR count). The van der Waals surface area contributed by atoms with Crippen LogP contribution in [0, 0.1) is 13.8 Å². The number of aliphatic hydroxyl groups excluding tert-OH is 1. The quantitative estimate of drug-likeness (QED) is 0.252. The van der Waals surface area contributed by atoms with Crippen LogP contribution in [0.4, 0.5) is 5.95 Å². The van der Waals surface area contributed by atoms with Crippen LogP contribution in [0.1, 0.15) is 36.9 Å². The molecule has 0 spiro atoms. The molecule has 0 amide bonds. The Bertz CT molecular complexity index is 1570. The summed E-state index contributed by atoms with van der Waals surface area (Å²) in [5, 5.41) is 17.1. The third-order valence-electron chi connectivity index (χ3n) is 6.14. The molecule has 1 aromatic carbocycles. The summed E-state index contributed by atoms with van der Waals surface area (Å²) in [4.78, 5) is 12.8. The van der Waals surface area contributed by atoms with Gasteiger partial charge in [-0.15, -0.1) is 10.2 Å². The summed E-state index contributed by atoms with van der Waals surface area (Å²) in [7, 11) is -1.23. The third-order valence-corrected chi connectivity index (χ3v) is 7.84. The van der Waals surface area contributed by atoms with E-state index in [1.54, 1.807) is 43.0 Å². The van der Waals surface area contributed by atoms with Gasteiger partial charge in [0.15, 0.2) is 11.6 Å². The second-order valence-electron chi connectivity index (χ2n) is 9.52. The van der Waals surface area contributed by atoms with Crippen LogP contribution in [0.25, 0.3) is 17.1 Å². The van der Waals surface area contributed by atoms with Crippen molar-refractivity contribution < 1.29 is 27.7 Å². The zero-order valence-electron chi connectivity index (χ0n) is 23.6. The van der Waals surface area contributed by atoms with E-state index in [2.05, 4.69) is 29.9 Å². The minimum Gasteiger partial charge on any atom is -0.494 e. The SMILES string of the molecule is COc1cccc(OC)c1-n1c(NS(=O)(=O)[C@@H](C)[C@H](OC[C@@H](C)O)c2ncc(C)cn2)nnc1-c1cncc(C)c1. The van der Waals surface area contributed by atoms with E-state index in [0.29, 0.717) is 28.6 Å². The van der Waals surface area contributed by atoms with Crippen LogP contribution in [0.3, 0.4) is 0 Å². The Kier molecular flexibility index (Phi) is 9.15. The lowest BCUT2D eigenvalue weighted by Gasteiger charge is -2.24. The Labute approximate surface area is 238 Å². The summed E-state index contributed by atoms with van der Waals surface area (Å²) >= 11 is 0. The number of pyridine rings is 1. The maximum absolute atomic E-state index is 13.9. The molecule has 0 aliphatic rings. The van der Waals surface area contributed by atoms with E-state index >= 15 is 0 Å². The predicted molar refractivity (Wildman–Crippen MR) is 152 cm³/mol. The van der Waals surface area contributed by atoms with Crippen molar-refractivity contribution in [3.8, 4) is 28.6 Å². The summed E-state index contributed by atoms with van der Waals surface area (Å²) in [6.07, 6.45) is 4.50. The Balaban J connectivity index is 1.83. The molecule has 0 bridgehead atoms. The van der Waals surface area contributed by atoms with Crippen molar-refractivity contribution in [2.24, 2.45) is 0 Å². The van der Waals surface area contributed by atoms with E-state index in [1.165, 1.54) is 32.6 Å². The van der Waals surface area contributed by atoms with Gasteiger partial charge in [-0.1, -0.05) is 6.07 Å². The van der Waals surface area contributed by atoms with Gasteiger partial charge >= 0.3 is 0 Å². The number of ether oxygens (including phenoxy) is 3. The van der Waals surface area contributed by atoms with Crippen molar-refractivity contribution in [2.45, 2.75) is 45.2 Å². The Hall–Kier alpha value is -4.14. The van der Waals surface area contributed by atoms with Crippen LogP contribution >= 0.6 is 0 Å². The number of hydrogen-bond donors (Lipinski definition) is 2. The summed E-state index contributed by atoms with van der Waals surface area (Å²) in [5.41, 5.74) is 2.65. The van der Waals surface area contributed by atoms with Gasteiger partial charge in [-0.05, 0) is 57.0 Å². The number of sulfonamides is 1. The largest absolute Gasteiger partial charge is 0.494 e. The van der Waals surface area contributed by atoms with Gasteiger partial charge in [-0.3, -0.25) is 14.3 Å². The van der Waals surface area contributed by atoms with Crippen molar-refractivity contribution in [1.29, 1.82) is 0 Å². The van der Waals surface area contributed by atoms with Gasteiger partial charge < -0.3 is 19.3 Å². The van der Waals surface area contributed by atoms with Crippen LogP contribution in [0.5, 0.6) is 11.5 Å². The molecule has 4 aromatic rings. The highest BCUT2D eigenvalue weighted by Gasteiger charge is 2.36. The molecule has 13 nitrogen and oxygen atoms in total. The van der Waals surface area contributed by atoms with Gasteiger partial charge in [0.2, 0.25) is 16.0 Å². The topological polar surface area (TPSA) is 163 Å². The van der Waals surface area contributed by atoms with Gasteiger partial charge in [0, 0.05) is 30.4 Å². The molecule has 3 aromatic heterocycles. The smallest absolute Gasteiger partial charge is 0.243 e. The maximum atomic E-state index is 13.9. The molecule has 218 valence electrons. The lowest BCUT2D eigenvalue weighted by atomic mass is 10.2. The molecule has 0 aliphatic carbocycles. The average molecular weight is 584 g/mol. The Morgan fingerprint density at radius 1 is 0.976 bits per heavy atom. The van der Waals surface area contributed by atoms with Gasteiger partial charge in [0.25, 0.3) is 0 Å². The Morgan fingerprint density at radius 2 is 1.63 bits per heavy atom. The van der Waals surface area contributed by atoms with Crippen molar-refractivity contribution in [2.75, 3.05) is 25.5 Å². The Morgan fingerprint density at radius 3 is 2.22 bits per heavy atom. The summed E-state index contributed by atoms with van der Waals surface area (Å²) in [6.45, 7) is 6.58. The van der Waals surface area contributed by atoms with Crippen LogP contribution in [0.2, 0.25) is 0 Å². The molecule has 0 saturated heterocycles. The van der Waals surface area contributed by atoms with E-state index in [4.69, 9.17) is 14.2 Å². The van der Waals surface area contributed by atoms with E-state index in [-0.39, 0.29) is 18.4 Å². The van der Waals surface area contributed by atoms with Gasteiger partial charge in [-0.2, -0.15) is 0 Å². The standard InChI is InChI=1S/C27H33N7O6S/c1-16-10-20(14-28-11-16)26-31-32-27(34(26)23-21(38-5)8-7-9-22(23)39-6)33-41(36,37)19(4)24(40-15-18(3)35)25-29-12-17(2)13-30-25/h7-14,18-19,24,35H,15H2,1-6H3,(H,32,33)/t18-,19+,24+/m1/s1. The highest BCUT2D eigenvalue weighted by atomic mass is 32.2. The minimum absolute atomic E-state index is 0.116. The lowest BCUT2D eigenvalue weighted by Crippen LogP contribution is -2.35. The number of anilines is 1. The first-order chi connectivity index (χ1) is 19.6. The van der Waals surface area contributed by atoms with Crippen LogP contribution in [-0.4, -0.2) is 75.4 Å². The number of hydrogen-bond acceptors (Lipinski definition) is 11. The van der Waals surface area contributed by atoms with E-state index in [9.17, 15) is 13.5 Å². The third kappa shape index (κ3) is 6.61. The number of aryl methyl sites for hydroxylation is 2. The van der Waals surface area contributed by atoms with Crippen LogP contribution < -0.4 is 14.2 Å². The first-order valence-electron chi connectivity index (χ1n) is 12.7. The summed E-state index contributed by atoms with van der Waals surface area (Å²) in [6, 6.07) is 7.03. The monoisotopic (exact) mass is 583 g/mol. The second-order valence-corrected chi connectivity index (χ2v) is 11.6. The summed E-state index contributed by atoms with van der Waals surface area (Å²) in [5.74, 6) is 1.14. The highest BCUT2D eigenvalue weighted by molar-refractivity contribution is 7.93. The minimum atomic E-state index is -4.22. The molecule has 0 unspecified atom stereocenters. The average Bonchev–Trinajstić information content (AvgIpc) is 3.35. The molecule has 0 fully saturated rings. The highest BCUT2D eigenvalue weighted by Crippen LogP contribution is 2.38. The predicted octanol–water partition coefficient (Wildman–Crippen LogP) is 3.02. The fourth-order valence-corrected chi connectivity index (χ4v) is 5.17. The molecule has 3 heterocycles. The molecule has 0 radical (unpaired) electrons. The number of nitrogens with zero attached hydrogens (tertiary/aromatic N) is 6. The van der Waals surface area contributed by atoms with Gasteiger partial charge in [0.1, 0.15) is 28.5 Å². The van der Waals surface area contributed by atoms with Crippen molar-refractivity contribution in [1.82, 2.24) is 29.7 Å². The van der Waals surface area contributed by atoms with E-state index in [1.807, 2.05) is 19.9 Å². The number of aliphatic hydroxyl groups is 1. The number of rotatable bonds is 12. The number of methoxy groups -OCH3 is 2. The lowest BCUT2D eigenvalue weighted by molar-refractivity contribution is -0.00765. The van der Waals surface area contributed by atoms with Crippen LogP contribution in [-0.2, 0) is 14.8 Å². The molecule has 41 heavy (non-hydrogen) atoms. The number of nitrogens with one attached hydrogen (secondary N) is 1. The molecule has 2 N–H and O–H groups in total. The molecular weight excluding hydrogens is 550 g/mol. The zero-order valence-corrected chi connectivity index (χ0v) is 24.5. The molecular formula is C27H33N7O6S. The van der Waals surface area contributed by atoms with Crippen molar-refractivity contribution >= 4 is 16.0 Å². The first kappa shape index (κ1) is 29.8. The normalized spacial score (nSPS) is 13.8. The van der Waals surface area contributed by atoms with E-state index in [0.717, 1.165) is 11.1 Å². The maximum Gasteiger partial charge on any atom is 0.243 e. The van der Waals surface area contributed by atoms with Gasteiger partial charge in [0.05, 0.1) is 26.9 Å². The number of para-hydroxylation sites is 1. The van der Waals surface area contributed by atoms with Crippen molar-refractivity contribution in [3.05, 3.63) is 66.0 Å². The fraction of sp³-hybridized carbons (Fsp3) is 0.370.